The van der Waals surface area contributed by atoms with Gasteiger partial charge in [-0.2, -0.15) is 5.26 Å². The second-order valence-electron chi connectivity index (χ2n) is 3.64. The third kappa shape index (κ3) is 4.11. The highest BCUT2D eigenvalue weighted by atomic mass is 35.5. The molecule has 0 aliphatic rings. The van der Waals surface area contributed by atoms with Crippen LogP contribution in [0.5, 0.6) is 0 Å². The molecule has 19 heavy (non-hydrogen) atoms. The molecular weight excluding hydrogens is 300 g/mol. The Hall–Kier alpha value is -1.27. The number of nitrogens with zero attached hydrogens (tertiary/aromatic N) is 1. The Morgan fingerprint density at radius 2 is 2.11 bits per heavy atom. The zero-order valence-electron chi connectivity index (χ0n) is 9.53. The molecule has 0 atom stereocenters. The molecule has 1 rings (SSSR count). The van der Waals surface area contributed by atoms with Crippen LogP contribution in [0.1, 0.15) is 5.56 Å². The number of nitrogens with one attached hydrogen (secondary N) is 1. The first-order valence-corrected chi connectivity index (χ1v) is 6.85. The molecule has 0 aliphatic heterocycles. The molecule has 3 N–H and O–H groups in total. The van der Waals surface area contributed by atoms with E-state index in [0.717, 1.165) is 12.1 Å². The van der Waals surface area contributed by atoms with Gasteiger partial charge < -0.3 is 5.73 Å². The average Bonchev–Trinajstić information content (AvgIpc) is 2.36. The van der Waals surface area contributed by atoms with Gasteiger partial charge in [0.25, 0.3) is 5.92 Å². The van der Waals surface area contributed by atoms with Crippen molar-refractivity contribution in [1.82, 2.24) is 4.72 Å². The molecule has 1 aromatic rings. The van der Waals surface area contributed by atoms with Crippen molar-refractivity contribution >= 4 is 21.6 Å². The molecule has 5 nitrogen and oxygen atoms in total. The van der Waals surface area contributed by atoms with E-state index in [9.17, 15) is 17.2 Å². The first kappa shape index (κ1) is 15.8. The largest absolute Gasteiger partial charge is 0.325 e. The molecule has 1 aromatic carbocycles. The number of rotatable bonds is 5. The number of hydrogen-bond donors (Lipinski definition) is 2. The lowest BCUT2D eigenvalue weighted by Crippen LogP contribution is -2.41. The van der Waals surface area contributed by atoms with Gasteiger partial charge in [-0.1, -0.05) is 11.6 Å². The SMILES string of the molecule is N#Cc1ccc(S(=O)(=O)NCC(F)(F)CN)c(Cl)c1. The zero-order chi connectivity index (χ0) is 14.7. The van der Waals surface area contributed by atoms with Crippen molar-refractivity contribution in [3.05, 3.63) is 28.8 Å². The quantitative estimate of drug-likeness (QED) is 0.850. The Balaban J connectivity index is 2.99. The van der Waals surface area contributed by atoms with Crippen LogP contribution in [-0.4, -0.2) is 27.4 Å². The minimum absolute atomic E-state index is 0.163. The number of nitrogens with two attached hydrogens (primary N) is 1. The summed E-state index contributed by atoms with van der Waals surface area (Å²) in [5, 5.41) is 8.39. The van der Waals surface area contributed by atoms with Crippen LogP contribution in [0, 0.1) is 11.3 Å². The molecule has 0 amide bonds. The standard InChI is InChI=1S/C10H10ClF2N3O2S/c11-8-3-7(4-14)1-2-9(8)19(17,18)16-6-10(12,13)5-15/h1-3,16H,5-6,15H2. The van der Waals surface area contributed by atoms with Gasteiger partial charge in [0.1, 0.15) is 4.90 Å². The topological polar surface area (TPSA) is 96.0 Å². The maximum absolute atomic E-state index is 12.9. The summed E-state index contributed by atoms with van der Waals surface area (Å²) in [6.45, 7) is -2.10. The summed E-state index contributed by atoms with van der Waals surface area (Å²) in [6.07, 6.45) is 0. The highest BCUT2D eigenvalue weighted by Crippen LogP contribution is 2.22. The van der Waals surface area contributed by atoms with Crippen LogP contribution in [0.4, 0.5) is 8.78 Å². The fraction of sp³-hybridized carbons (Fsp3) is 0.300. The summed E-state index contributed by atoms with van der Waals surface area (Å²) in [4.78, 5) is -0.374. The summed E-state index contributed by atoms with van der Waals surface area (Å²) in [5.74, 6) is -3.34. The number of benzene rings is 1. The molecule has 0 radical (unpaired) electrons. The second-order valence-corrected chi connectivity index (χ2v) is 5.78. The van der Waals surface area contributed by atoms with E-state index in [4.69, 9.17) is 22.6 Å². The highest BCUT2D eigenvalue weighted by molar-refractivity contribution is 7.89. The fourth-order valence-electron chi connectivity index (χ4n) is 1.14. The monoisotopic (exact) mass is 309 g/mol. The average molecular weight is 310 g/mol. The Morgan fingerprint density at radius 3 is 2.58 bits per heavy atom. The Labute approximate surface area is 114 Å². The first-order chi connectivity index (χ1) is 8.72. The summed E-state index contributed by atoms with van der Waals surface area (Å²) in [5.41, 5.74) is 4.96. The van der Waals surface area contributed by atoms with E-state index in [-0.39, 0.29) is 15.5 Å². The molecule has 0 aliphatic carbocycles. The van der Waals surface area contributed by atoms with Gasteiger partial charge in [-0.05, 0) is 18.2 Å². The molecule has 0 fully saturated rings. The maximum Gasteiger partial charge on any atom is 0.273 e. The van der Waals surface area contributed by atoms with Crippen LogP contribution in [0.15, 0.2) is 23.1 Å². The van der Waals surface area contributed by atoms with E-state index in [1.807, 2.05) is 0 Å². The smallest absolute Gasteiger partial charge is 0.273 e. The van der Waals surface area contributed by atoms with Gasteiger partial charge >= 0.3 is 0 Å². The molecule has 0 heterocycles. The third-order valence-electron chi connectivity index (χ3n) is 2.17. The molecule has 0 saturated carbocycles. The van der Waals surface area contributed by atoms with E-state index >= 15 is 0 Å². The molecule has 0 unspecified atom stereocenters. The lowest BCUT2D eigenvalue weighted by molar-refractivity contribution is 0.0170. The third-order valence-corrected chi connectivity index (χ3v) is 4.05. The van der Waals surface area contributed by atoms with Crippen molar-refractivity contribution in [3.63, 3.8) is 0 Å². The van der Waals surface area contributed by atoms with E-state index < -0.39 is 29.0 Å². The van der Waals surface area contributed by atoms with Crippen LogP contribution in [0.2, 0.25) is 5.02 Å². The Morgan fingerprint density at radius 1 is 1.47 bits per heavy atom. The van der Waals surface area contributed by atoms with Crippen molar-refractivity contribution in [2.75, 3.05) is 13.1 Å². The second kappa shape index (κ2) is 5.79. The zero-order valence-corrected chi connectivity index (χ0v) is 11.1. The lowest BCUT2D eigenvalue weighted by atomic mass is 10.2. The lowest BCUT2D eigenvalue weighted by Gasteiger charge is -2.15. The van der Waals surface area contributed by atoms with Crippen molar-refractivity contribution in [2.24, 2.45) is 5.73 Å². The van der Waals surface area contributed by atoms with Gasteiger partial charge in [-0.25, -0.2) is 21.9 Å². The van der Waals surface area contributed by atoms with Crippen molar-refractivity contribution in [1.29, 1.82) is 5.26 Å². The predicted octanol–water partition coefficient (Wildman–Crippen LogP) is 1.08. The minimum Gasteiger partial charge on any atom is -0.325 e. The number of hydrogen-bond acceptors (Lipinski definition) is 4. The van der Waals surface area contributed by atoms with Crippen molar-refractivity contribution < 1.29 is 17.2 Å². The van der Waals surface area contributed by atoms with Crippen LogP contribution >= 0.6 is 11.6 Å². The van der Waals surface area contributed by atoms with Crippen LogP contribution in [0.25, 0.3) is 0 Å². The highest BCUT2D eigenvalue weighted by Gasteiger charge is 2.30. The summed E-state index contributed by atoms with van der Waals surface area (Å²) in [7, 11) is -4.19. The molecule has 9 heteroatoms. The Kier molecular flexibility index (Phi) is 4.81. The van der Waals surface area contributed by atoms with Crippen LogP contribution < -0.4 is 10.5 Å². The number of sulfonamides is 1. The van der Waals surface area contributed by atoms with E-state index in [1.165, 1.54) is 6.07 Å². The van der Waals surface area contributed by atoms with Gasteiger partial charge in [0.2, 0.25) is 10.0 Å². The van der Waals surface area contributed by atoms with E-state index in [0.29, 0.717) is 0 Å². The summed E-state index contributed by atoms with van der Waals surface area (Å²) in [6, 6.07) is 5.21. The summed E-state index contributed by atoms with van der Waals surface area (Å²) < 4.78 is 51.0. The predicted molar refractivity (Wildman–Crippen MR) is 65.4 cm³/mol. The van der Waals surface area contributed by atoms with Crippen LogP contribution in [0.3, 0.4) is 0 Å². The summed E-state index contributed by atoms with van der Waals surface area (Å²) >= 11 is 5.69. The number of alkyl halides is 2. The van der Waals surface area contributed by atoms with Gasteiger partial charge in [0.15, 0.2) is 0 Å². The Bertz CT molecular complexity index is 614. The first-order valence-electron chi connectivity index (χ1n) is 4.99. The molecular formula is C10H10ClF2N3O2S. The minimum atomic E-state index is -4.19. The van der Waals surface area contributed by atoms with E-state index in [1.54, 1.807) is 10.8 Å². The number of nitriles is 1. The van der Waals surface area contributed by atoms with Gasteiger partial charge in [-0.3, -0.25) is 0 Å². The van der Waals surface area contributed by atoms with Crippen molar-refractivity contribution in [2.45, 2.75) is 10.8 Å². The molecule has 104 valence electrons. The van der Waals surface area contributed by atoms with E-state index in [2.05, 4.69) is 0 Å². The molecule has 0 bridgehead atoms. The van der Waals surface area contributed by atoms with Gasteiger partial charge in [-0.15, -0.1) is 0 Å². The van der Waals surface area contributed by atoms with Crippen LogP contribution in [-0.2, 0) is 10.0 Å². The maximum atomic E-state index is 12.9. The number of halogens is 3. The normalized spacial score (nSPS) is 12.2. The molecule has 0 saturated heterocycles. The molecule has 0 aromatic heterocycles. The van der Waals surface area contributed by atoms with Gasteiger partial charge in [0, 0.05) is 0 Å². The van der Waals surface area contributed by atoms with Crippen molar-refractivity contribution in [3.8, 4) is 6.07 Å². The fourth-order valence-corrected chi connectivity index (χ4v) is 2.74. The van der Waals surface area contributed by atoms with Gasteiger partial charge in [0.05, 0.1) is 29.7 Å². The molecule has 0 spiro atoms.